The van der Waals surface area contributed by atoms with Crippen molar-refractivity contribution in [3.05, 3.63) is 66.5 Å². The van der Waals surface area contributed by atoms with Gasteiger partial charge in [-0.05, 0) is 29.8 Å². The zero-order chi connectivity index (χ0) is 21.5. The highest BCUT2D eigenvalue weighted by Crippen LogP contribution is 2.40. The van der Waals surface area contributed by atoms with Crippen LogP contribution in [0.4, 0.5) is 5.69 Å². The molecule has 7 nitrogen and oxygen atoms in total. The smallest absolute Gasteiger partial charge is 0.226 e. The highest BCUT2D eigenvalue weighted by molar-refractivity contribution is 5.92. The molecule has 158 valence electrons. The van der Waals surface area contributed by atoms with Crippen LogP contribution in [0.15, 0.2) is 60.9 Å². The molecule has 0 aliphatic heterocycles. The molecular weight excluding hydrogens is 384 g/mol. The maximum atomic E-state index is 12.9. The average molecular weight is 410 g/mol. The molecule has 7 heteroatoms. The van der Waals surface area contributed by atoms with E-state index >= 15 is 0 Å². The van der Waals surface area contributed by atoms with Gasteiger partial charge in [-0.1, -0.05) is 12.1 Å². The maximum absolute atomic E-state index is 12.9. The summed E-state index contributed by atoms with van der Waals surface area (Å²) in [5.74, 6) is 2.06. The number of rotatable bonds is 9. The average Bonchev–Trinajstić information content (AvgIpc) is 3.31. The molecular formula is C23H26N2O5. The Morgan fingerprint density at radius 1 is 0.900 bits per heavy atom. The number of carbonyl (C=O) groups excluding carboxylic acids is 1. The van der Waals surface area contributed by atoms with E-state index in [1.54, 1.807) is 19.2 Å². The maximum Gasteiger partial charge on any atom is 0.226 e. The van der Waals surface area contributed by atoms with Crippen molar-refractivity contribution < 1.29 is 23.7 Å². The number of amides is 1. The minimum atomic E-state index is -0.159. The van der Waals surface area contributed by atoms with Crippen molar-refractivity contribution in [3.8, 4) is 23.0 Å². The Morgan fingerprint density at radius 3 is 2.00 bits per heavy atom. The summed E-state index contributed by atoms with van der Waals surface area (Å²) in [5.41, 5.74) is 1.57. The number of aromatic nitrogens is 1. The third-order valence-electron chi connectivity index (χ3n) is 4.82. The number of ether oxygens (including phenoxy) is 4. The molecule has 1 atom stereocenters. The first kappa shape index (κ1) is 21.1. The van der Waals surface area contributed by atoms with Crippen molar-refractivity contribution in [3.63, 3.8) is 0 Å². The molecule has 1 aromatic heterocycles. The number of anilines is 1. The van der Waals surface area contributed by atoms with Gasteiger partial charge in [0, 0.05) is 30.2 Å². The van der Waals surface area contributed by atoms with Gasteiger partial charge in [0.1, 0.15) is 5.75 Å². The van der Waals surface area contributed by atoms with E-state index in [2.05, 4.69) is 5.32 Å². The highest BCUT2D eigenvalue weighted by atomic mass is 16.5. The zero-order valence-electron chi connectivity index (χ0n) is 17.5. The van der Waals surface area contributed by atoms with E-state index in [9.17, 15) is 4.79 Å². The van der Waals surface area contributed by atoms with Gasteiger partial charge in [-0.25, -0.2) is 0 Å². The fraction of sp³-hybridized carbons (Fsp3) is 0.261. The van der Waals surface area contributed by atoms with Crippen LogP contribution in [0.25, 0.3) is 0 Å². The van der Waals surface area contributed by atoms with Gasteiger partial charge in [0.15, 0.2) is 11.5 Å². The molecule has 0 bridgehead atoms. The first-order valence-corrected chi connectivity index (χ1v) is 9.45. The number of benzene rings is 2. The molecule has 0 radical (unpaired) electrons. The first-order chi connectivity index (χ1) is 14.6. The van der Waals surface area contributed by atoms with Crippen molar-refractivity contribution in [1.82, 2.24) is 4.57 Å². The monoisotopic (exact) mass is 410 g/mol. The number of methoxy groups -OCH3 is 4. The SMILES string of the molecule is COc1ccc(C(CC(=O)Nc2cc(OC)c(OC)c(OC)c2)n2cccc2)cc1. The molecule has 3 rings (SSSR count). The van der Waals surface area contributed by atoms with Gasteiger partial charge in [0.25, 0.3) is 0 Å². The molecule has 0 spiro atoms. The van der Waals surface area contributed by atoms with Gasteiger partial charge < -0.3 is 28.8 Å². The lowest BCUT2D eigenvalue weighted by Gasteiger charge is -2.20. The number of hydrogen-bond acceptors (Lipinski definition) is 5. The summed E-state index contributed by atoms with van der Waals surface area (Å²) in [7, 11) is 6.24. The molecule has 1 N–H and O–H groups in total. The number of nitrogens with zero attached hydrogens (tertiary/aromatic N) is 1. The van der Waals surface area contributed by atoms with Crippen LogP contribution >= 0.6 is 0 Å². The third-order valence-corrected chi connectivity index (χ3v) is 4.82. The minimum Gasteiger partial charge on any atom is -0.497 e. The summed E-state index contributed by atoms with van der Waals surface area (Å²) in [6, 6.07) is 14.8. The van der Waals surface area contributed by atoms with Crippen LogP contribution in [0.3, 0.4) is 0 Å². The number of hydrogen-bond donors (Lipinski definition) is 1. The molecule has 0 aliphatic carbocycles. The highest BCUT2D eigenvalue weighted by Gasteiger charge is 2.19. The van der Waals surface area contributed by atoms with Crippen molar-refractivity contribution >= 4 is 11.6 Å². The van der Waals surface area contributed by atoms with Crippen LogP contribution < -0.4 is 24.3 Å². The largest absolute Gasteiger partial charge is 0.497 e. The fourth-order valence-corrected chi connectivity index (χ4v) is 3.32. The quantitative estimate of drug-likeness (QED) is 0.574. The van der Waals surface area contributed by atoms with Crippen LogP contribution in [-0.4, -0.2) is 38.9 Å². The molecule has 30 heavy (non-hydrogen) atoms. The predicted octanol–water partition coefficient (Wildman–Crippen LogP) is 4.14. The van der Waals surface area contributed by atoms with Crippen molar-refractivity contribution in [2.45, 2.75) is 12.5 Å². The van der Waals surface area contributed by atoms with E-state index in [-0.39, 0.29) is 18.4 Å². The summed E-state index contributed by atoms with van der Waals surface area (Å²) >= 11 is 0. The molecule has 2 aromatic carbocycles. The summed E-state index contributed by atoms with van der Waals surface area (Å²) < 4.78 is 23.3. The van der Waals surface area contributed by atoms with Crippen molar-refractivity contribution in [2.75, 3.05) is 33.8 Å². The van der Waals surface area contributed by atoms with Gasteiger partial charge in [-0.3, -0.25) is 4.79 Å². The second kappa shape index (κ2) is 9.73. The number of nitrogens with one attached hydrogen (secondary N) is 1. The van der Waals surface area contributed by atoms with Gasteiger partial charge in [-0.2, -0.15) is 0 Å². The molecule has 1 amide bonds. The van der Waals surface area contributed by atoms with Crippen molar-refractivity contribution in [2.24, 2.45) is 0 Å². The Labute approximate surface area is 176 Å². The molecule has 0 saturated carbocycles. The summed E-state index contributed by atoms with van der Waals surface area (Å²) in [6.07, 6.45) is 4.14. The van der Waals surface area contributed by atoms with Crippen LogP contribution in [0, 0.1) is 0 Å². The van der Waals surface area contributed by atoms with E-state index in [4.69, 9.17) is 18.9 Å². The van der Waals surface area contributed by atoms with Crippen LogP contribution in [-0.2, 0) is 4.79 Å². The molecule has 0 aliphatic rings. The molecule has 0 fully saturated rings. The lowest BCUT2D eigenvalue weighted by molar-refractivity contribution is -0.116. The predicted molar refractivity (Wildman–Crippen MR) is 115 cm³/mol. The normalized spacial score (nSPS) is 11.5. The lowest BCUT2D eigenvalue weighted by Crippen LogP contribution is -2.19. The summed E-state index contributed by atoms with van der Waals surface area (Å²) in [6.45, 7) is 0. The first-order valence-electron chi connectivity index (χ1n) is 9.45. The van der Waals surface area contributed by atoms with Gasteiger partial charge in [0.2, 0.25) is 11.7 Å². The Morgan fingerprint density at radius 2 is 1.50 bits per heavy atom. The van der Waals surface area contributed by atoms with Gasteiger partial charge in [-0.15, -0.1) is 0 Å². The summed E-state index contributed by atoms with van der Waals surface area (Å²) in [5, 5.41) is 2.93. The zero-order valence-corrected chi connectivity index (χ0v) is 17.5. The van der Waals surface area contributed by atoms with Gasteiger partial charge >= 0.3 is 0 Å². The lowest BCUT2D eigenvalue weighted by atomic mass is 10.0. The van der Waals surface area contributed by atoms with Crippen LogP contribution in [0.2, 0.25) is 0 Å². The Hall–Kier alpha value is -3.61. The second-order valence-corrected chi connectivity index (χ2v) is 6.59. The van der Waals surface area contributed by atoms with E-state index in [1.807, 2.05) is 53.4 Å². The minimum absolute atomic E-state index is 0.140. The Kier molecular flexibility index (Phi) is 6.85. The molecule has 1 heterocycles. The molecule has 3 aromatic rings. The van der Waals surface area contributed by atoms with Crippen molar-refractivity contribution in [1.29, 1.82) is 0 Å². The van der Waals surface area contributed by atoms with Crippen LogP contribution in [0.1, 0.15) is 18.0 Å². The second-order valence-electron chi connectivity index (χ2n) is 6.59. The van der Waals surface area contributed by atoms with E-state index in [1.165, 1.54) is 21.3 Å². The van der Waals surface area contributed by atoms with Crippen LogP contribution in [0.5, 0.6) is 23.0 Å². The topological polar surface area (TPSA) is 71.0 Å². The third kappa shape index (κ3) is 4.68. The van der Waals surface area contributed by atoms with Gasteiger partial charge in [0.05, 0.1) is 40.9 Å². The Balaban J connectivity index is 1.83. The Bertz CT molecular complexity index is 943. The number of carbonyl (C=O) groups is 1. The standard InChI is InChI=1S/C23H26N2O5/c1-27-18-9-7-16(8-10-18)19(25-11-5-6-12-25)15-22(26)24-17-13-20(28-2)23(30-4)21(14-17)29-3/h5-14,19H,15H2,1-4H3,(H,24,26). The fourth-order valence-electron chi connectivity index (χ4n) is 3.32. The van der Waals surface area contributed by atoms with E-state index in [0.29, 0.717) is 22.9 Å². The summed E-state index contributed by atoms with van der Waals surface area (Å²) in [4.78, 5) is 12.9. The molecule has 0 saturated heterocycles. The molecule has 1 unspecified atom stereocenters. The van der Waals surface area contributed by atoms with E-state index < -0.39 is 0 Å². The van der Waals surface area contributed by atoms with E-state index in [0.717, 1.165) is 11.3 Å².